The maximum Gasteiger partial charge on any atom is 0.472 e. The average Bonchev–Trinajstić information content (AvgIpc) is 3.31. The number of hydrogen-bond donors (Lipinski definition) is 3. The number of aliphatic hydroxyl groups is 1. The fourth-order valence-electron chi connectivity index (χ4n) is 4.19. The van der Waals surface area contributed by atoms with Crippen LogP contribution in [0.25, 0.3) is 11.2 Å². The Morgan fingerprint density at radius 1 is 1.27 bits per heavy atom. The van der Waals surface area contributed by atoms with Gasteiger partial charge in [0.15, 0.2) is 23.2 Å². The van der Waals surface area contributed by atoms with Gasteiger partial charge in [0, 0.05) is 0 Å². The Bertz CT molecular complexity index is 1110. The minimum Gasteiger partial charge on any atom is -0.442 e. The van der Waals surface area contributed by atoms with Gasteiger partial charge >= 0.3 is 13.9 Å². The van der Waals surface area contributed by atoms with Gasteiger partial charge in [-0.1, -0.05) is 12.5 Å². The Kier molecular flexibility index (Phi) is 6.16. The van der Waals surface area contributed by atoms with Crippen molar-refractivity contribution in [2.75, 3.05) is 11.9 Å². The highest BCUT2D eigenvalue weighted by Gasteiger charge is 2.52. The minimum atomic E-state index is -4.25. The van der Waals surface area contributed by atoms with E-state index in [0.29, 0.717) is 0 Å². The number of carbonyl (C=O) groups is 1. The summed E-state index contributed by atoms with van der Waals surface area (Å²) in [4.78, 5) is 34.5. The molecule has 5 rings (SSSR count). The average molecular weight is 481 g/mol. The highest BCUT2D eigenvalue weighted by molar-refractivity contribution is 7.47. The molecule has 0 saturated carbocycles. The number of amides is 1. The van der Waals surface area contributed by atoms with Gasteiger partial charge in [0.1, 0.15) is 30.7 Å². The molecule has 0 aromatic carbocycles. The third-order valence-electron chi connectivity index (χ3n) is 5.79. The lowest BCUT2D eigenvalue weighted by molar-refractivity contribution is -0.0664. The van der Waals surface area contributed by atoms with Crippen molar-refractivity contribution < 1.29 is 37.9 Å². The summed E-state index contributed by atoms with van der Waals surface area (Å²) in [6.07, 6.45) is 6.43. The van der Waals surface area contributed by atoms with Crippen LogP contribution in [0, 0.1) is 0 Å². The van der Waals surface area contributed by atoms with Crippen molar-refractivity contribution in [1.82, 2.24) is 19.5 Å². The maximum absolute atomic E-state index is 12.5. The lowest BCUT2D eigenvalue weighted by Gasteiger charge is -2.27. The van der Waals surface area contributed by atoms with Gasteiger partial charge in [0.2, 0.25) is 0 Å². The van der Waals surface area contributed by atoms with Crippen LogP contribution in [-0.2, 0) is 23.1 Å². The van der Waals surface area contributed by atoms with E-state index in [-0.39, 0.29) is 29.7 Å². The van der Waals surface area contributed by atoms with Crippen LogP contribution in [0.3, 0.4) is 0 Å². The second kappa shape index (κ2) is 9.09. The standard InChI is InChI=1S/C19H24N5O8P/c25-14-15-12(8-29-33(27,28)32-15)31-18(14)24-10-22-13-16(20-9-21-17(13)24)23-19(26)30-11-6-4-2-1-3-5-7-11/h4,6,9-12,14-15,18,25H,1-3,5,7-8H2,(H,27,28)(H,20,21,23,26)/b6-4+/t11?,12-,14?,15+,18-/m1/s1. The first-order valence-corrected chi connectivity index (χ1v) is 12.2. The molecule has 0 spiro atoms. The largest absolute Gasteiger partial charge is 0.472 e. The molecular weight excluding hydrogens is 457 g/mol. The van der Waals surface area contributed by atoms with Gasteiger partial charge in [-0.3, -0.25) is 18.9 Å². The summed E-state index contributed by atoms with van der Waals surface area (Å²) in [5, 5.41) is 13.3. The van der Waals surface area contributed by atoms with Crippen molar-refractivity contribution in [2.45, 2.75) is 62.7 Å². The lowest BCUT2D eigenvalue weighted by Crippen LogP contribution is -2.39. The highest BCUT2D eigenvalue weighted by atomic mass is 31.2. The SMILES string of the molecule is O=C(Nc1ncnc2c1ncn2[C@@H]1O[C@@H]2COP(=O)(O)O[C@@H]2C1O)OC1/C=C/CCCCC1. The number of aromatic nitrogens is 4. The fourth-order valence-corrected chi connectivity index (χ4v) is 5.15. The molecule has 3 N–H and O–H groups in total. The summed E-state index contributed by atoms with van der Waals surface area (Å²) in [6, 6.07) is 0. The summed E-state index contributed by atoms with van der Waals surface area (Å²) in [7, 11) is -4.25. The molecule has 2 fully saturated rings. The Morgan fingerprint density at radius 3 is 3.03 bits per heavy atom. The van der Waals surface area contributed by atoms with Crippen molar-refractivity contribution in [3.05, 3.63) is 24.8 Å². The molecule has 13 nitrogen and oxygen atoms in total. The number of aliphatic hydroxyl groups excluding tert-OH is 1. The lowest BCUT2D eigenvalue weighted by atomic mass is 10.0. The number of nitrogens with zero attached hydrogens (tertiary/aromatic N) is 4. The van der Waals surface area contributed by atoms with Crippen molar-refractivity contribution in [2.24, 2.45) is 0 Å². The first-order valence-electron chi connectivity index (χ1n) is 10.7. The molecule has 2 saturated heterocycles. The van der Waals surface area contributed by atoms with Gasteiger partial charge in [-0.15, -0.1) is 0 Å². The van der Waals surface area contributed by atoms with E-state index in [4.69, 9.17) is 18.5 Å². The monoisotopic (exact) mass is 481 g/mol. The predicted molar refractivity (Wildman–Crippen MR) is 112 cm³/mol. The van der Waals surface area contributed by atoms with E-state index in [0.717, 1.165) is 32.1 Å². The van der Waals surface area contributed by atoms with E-state index < -0.39 is 38.5 Å². The Labute approximate surface area is 188 Å². The molecule has 1 amide bonds. The van der Waals surface area contributed by atoms with Crippen LogP contribution < -0.4 is 5.32 Å². The minimum absolute atomic E-state index is 0.142. The summed E-state index contributed by atoms with van der Waals surface area (Å²) in [5.74, 6) is 0.142. The van der Waals surface area contributed by atoms with E-state index in [1.165, 1.54) is 17.2 Å². The zero-order valence-corrected chi connectivity index (χ0v) is 18.4. The number of rotatable bonds is 3. The summed E-state index contributed by atoms with van der Waals surface area (Å²) < 4.78 is 34.2. The third-order valence-corrected chi connectivity index (χ3v) is 6.77. The van der Waals surface area contributed by atoms with Crippen LogP contribution in [0.5, 0.6) is 0 Å². The Morgan fingerprint density at radius 2 is 2.15 bits per heavy atom. The van der Waals surface area contributed by atoms with Crippen molar-refractivity contribution in [3.63, 3.8) is 0 Å². The van der Waals surface area contributed by atoms with Crippen molar-refractivity contribution >= 4 is 30.9 Å². The molecule has 1 aliphatic carbocycles. The molecule has 4 heterocycles. The van der Waals surface area contributed by atoms with Gasteiger partial charge in [0.25, 0.3) is 0 Å². The van der Waals surface area contributed by atoms with Crippen molar-refractivity contribution in [3.8, 4) is 0 Å². The van der Waals surface area contributed by atoms with E-state index in [9.17, 15) is 19.4 Å². The van der Waals surface area contributed by atoms with Gasteiger partial charge in [-0.2, -0.15) is 0 Å². The molecular formula is C19H24N5O8P. The molecule has 3 aliphatic rings. The van der Waals surface area contributed by atoms with Gasteiger partial charge in [-0.25, -0.2) is 24.3 Å². The molecule has 33 heavy (non-hydrogen) atoms. The van der Waals surface area contributed by atoms with Crippen LogP contribution in [0.4, 0.5) is 10.6 Å². The van der Waals surface area contributed by atoms with E-state index >= 15 is 0 Å². The number of phosphoric ester groups is 1. The number of fused-ring (bicyclic) bond motifs is 2. The Hall–Kier alpha value is -2.41. The van der Waals surface area contributed by atoms with Crippen LogP contribution >= 0.6 is 7.82 Å². The number of anilines is 1. The first-order chi connectivity index (χ1) is 15.9. The number of imidazole rings is 1. The topological polar surface area (TPSA) is 167 Å². The molecule has 178 valence electrons. The Balaban J connectivity index is 1.33. The van der Waals surface area contributed by atoms with E-state index in [1.54, 1.807) is 0 Å². The number of allylic oxidation sites excluding steroid dienone is 1. The number of nitrogens with one attached hydrogen (secondary N) is 1. The quantitative estimate of drug-likeness (QED) is 0.433. The van der Waals surface area contributed by atoms with Crippen molar-refractivity contribution in [1.29, 1.82) is 0 Å². The van der Waals surface area contributed by atoms with Gasteiger partial charge < -0.3 is 19.5 Å². The molecule has 0 bridgehead atoms. The molecule has 6 atom stereocenters. The zero-order chi connectivity index (χ0) is 23.0. The summed E-state index contributed by atoms with van der Waals surface area (Å²) >= 11 is 0. The molecule has 14 heteroatoms. The normalized spacial score (nSPS) is 35.4. The zero-order valence-electron chi connectivity index (χ0n) is 17.5. The van der Waals surface area contributed by atoms with Crippen LogP contribution in [0.2, 0.25) is 0 Å². The van der Waals surface area contributed by atoms with Crippen LogP contribution in [-0.4, -0.2) is 66.6 Å². The molecule has 2 aliphatic heterocycles. The second-order valence-corrected chi connectivity index (χ2v) is 9.48. The molecule has 2 aromatic heterocycles. The molecule has 0 radical (unpaired) electrons. The van der Waals surface area contributed by atoms with E-state index in [1.807, 2.05) is 12.2 Å². The number of carbonyl (C=O) groups excluding carboxylic acids is 1. The number of phosphoric acid groups is 1. The van der Waals surface area contributed by atoms with E-state index in [2.05, 4.69) is 20.3 Å². The number of hydrogen-bond acceptors (Lipinski definition) is 10. The van der Waals surface area contributed by atoms with Gasteiger partial charge in [-0.05, 0) is 31.8 Å². The second-order valence-electron chi connectivity index (χ2n) is 8.07. The third kappa shape index (κ3) is 4.65. The predicted octanol–water partition coefficient (Wildman–Crippen LogP) is 2.04. The molecule has 2 aromatic rings. The maximum atomic E-state index is 12.5. The van der Waals surface area contributed by atoms with Crippen LogP contribution in [0.1, 0.15) is 38.3 Å². The first kappa shape index (κ1) is 22.4. The molecule has 3 unspecified atom stereocenters. The fraction of sp³-hybridized carbons (Fsp3) is 0.579. The smallest absolute Gasteiger partial charge is 0.442 e. The summed E-state index contributed by atoms with van der Waals surface area (Å²) in [6.45, 7) is -0.206. The van der Waals surface area contributed by atoms with Crippen LogP contribution in [0.15, 0.2) is 24.8 Å². The van der Waals surface area contributed by atoms with Gasteiger partial charge in [0.05, 0.1) is 12.9 Å². The summed E-state index contributed by atoms with van der Waals surface area (Å²) in [5.41, 5.74) is 0.542. The number of ether oxygens (including phenoxy) is 2. The highest BCUT2D eigenvalue weighted by Crippen LogP contribution is 2.52.